The monoisotopic (exact) mass is 214 g/mol. The van der Waals surface area contributed by atoms with Gasteiger partial charge in [-0.15, -0.1) is 0 Å². The van der Waals surface area contributed by atoms with Crippen molar-refractivity contribution in [1.82, 2.24) is 4.90 Å². The largest absolute Gasteiger partial charge is 0.465 e. The third-order valence-corrected chi connectivity index (χ3v) is 3.05. The lowest BCUT2D eigenvalue weighted by Crippen LogP contribution is -2.48. The molecule has 1 aliphatic heterocycles. The van der Waals surface area contributed by atoms with E-state index in [-0.39, 0.29) is 11.3 Å². The molecule has 5 heteroatoms. The molecule has 0 aromatic rings. The maximum absolute atomic E-state index is 11.3. The van der Waals surface area contributed by atoms with Crippen LogP contribution in [0.2, 0.25) is 0 Å². The van der Waals surface area contributed by atoms with E-state index in [4.69, 9.17) is 10.8 Å². The van der Waals surface area contributed by atoms with Crippen LogP contribution >= 0.6 is 0 Å². The summed E-state index contributed by atoms with van der Waals surface area (Å²) < 4.78 is 0. The minimum absolute atomic E-state index is 0.00565. The summed E-state index contributed by atoms with van der Waals surface area (Å²) in [5.41, 5.74) is 5.16. The number of nitrogens with two attached hydrogens (primary N) is 1. The first-order valence-corrected chi connectivity index (χ1v) is 5.04. The Hall–Kier alpha value is -1.26. The quantitative estimate of drug-likeness (QED) is 0.679. The molecule has 86 valence electrons. The summed E-state index contributed by atoms with van der Waals surface area (Å²) in [6.07, 6.45) is -0.366. The summed E-state index contributed by atoms with van der Waals surface area (Å²) in [5.74, 6) is -0.541. The van der Waals surface area contributed by atoms with Gasteiger partial charge in [0.15, 0.2) is 0 Å². The molecular weight excluding hydrogens is 196 g/mol. The molecule has 0 spiro atoms. The zero-order valence-electron chi connectivity index (χ0n) is 9.36. The Labute approximate surface area is 89.2 Å². The van der Waals surface area contributed by atoms with Crippen molar-refractivity contribution in [2.45, 2.75) is 33.2 Å². The van der Waals surface area contributed by atoms with Crippen LogP contribution in [0.25, 0.3) is 0 Å². The van der Waals surface area contributed by atoms with Crippen LogP contribution in [-0.4, -0.2) is 34.6 Å². The molecule has 1 fully saturated rings. The van der Waals surface area contributed by atoms with E-state index in [0.717, 1.165) is 4.90 Å². The van der Waals surface area contributed by atoms with Gasteiger partial charge in [-0.3, -0.25) is 9.69 Å². The second kappa shape index (κ2) is 3.72. The summed E-state index contributed by atoms with van der Waals surface area (Å²) in [4.78, 5) is 23.3. The molecule has 1 saturated heterocycles. The second-order valence-electron chi connectivity index (χ2n) is 5.08. The van der Waals surface area contributed by atoms with Gasteiger partial charge in [-0.1, -0.05) is 20.8 Å². The van der Waals surface area contributed by atoms with E-state index in [1.54, 1.807) is 0 Å². The minimum Gasteiger partial charge on any atom is -0.465 e. The van der Waals surface area contributed by atoms with E-state index in [9.17, 15) is 9.59 Å². The molecule has 15 heavy (non-hydrogen) atoms. The summed E-state index contributed by atoms with van der Waals surface area (Å²) >= 11 is 0. The fourth-order valence-electron chi connectivity index (χ4n) is 2.27. The van der Waals surface area contributed by atoms with E-state index in [1.807, 2.05) is 20.8 Å². The van der Waals surface area contributed by atoms with Crippen molar-refractivity contribution < 1.29 is 14.7 Å². The van der Waals surface area contributed by atoms with Crippen molar-refractivity contribution in [3.8, 4) is 0 Å². The summed E-state index contributed by atoms with van der Waals surface area (Å²) in [6.45, 7) is 6.39. The highest BCUT2D eigenvalue weighted by atomic mass is 16.4. The van der Waals surface area contributed by atoms with Crippen LogP contribution in [0, 0.1) is 11.3 Å². The Morgan fingerprint density at radius 2 is 1.93 bits per heavy atom. The van der Waals surface area contributed by atoms with Crippen LogP contribution in [0.3, 0.4) is 0 Å². The van der Waals surface area contributed by atoms with Crippen LogP contribution in [0.15, 0.2) is 0 Å². The van der Waals surface area contributed by atoms with Crippen molar-refractivity contribution in [3.63, 3.8) is 0 Å². The number of carboxylic acid groups (broad SMARTS) is 1. The van der Waals surface area contributed by atoms with E-state index in [2.05, 4.69) is 0 Å². The highest BCUT2D eigenvalue weighted by molar-refractivity contribution is 5.84. The maximum Gasteiger partial charge on any atom is 0.407 e. The fraction of sp³-hybridized carbons (Fsp3) is 0.800. The highest BCUT2D eigenvalue weighted by Crippen LogP contribution is 2.38. The Morgan fingerprint density at radius 1 is 1.40 bits per heavy atom. The Balaban J connectivity index is 2.95. The molecule has 0 aliphatic carbocycles. The molecule has 0 aromatic heterocycles. The average molecular weight is 214 g/mol. The number of nitrogens with zero attached hydrogens (tertiary/aromatic N) is 1. The molecule has 0 bridgehead atoms. The van der Waals surface area contributed by atoms with Gasteiger partial charge in [0.05, 0.1) is 0 Å². The molecule has 1 unspecified atom stereocenters. The molecule has 5 nitrogen and oxygen atoms in total. The van der Waals surface area contributed by atoms with Gasteiger partial charge in [-0.05, 0) is 17.8 Å². The zero-order chi connectivity index (χ0) is 11.8. The van der Waals surface area contributed by atoms with Crippen LogP contribution < -0.4 is 5.73 Å². The predicted octanol–water partition coefficient (Wildman–Crippen LogP) is 0.886. The number of likely N-dealkylation sites (tertiary alicyclic amines) is 1. The van der Waals surface area contributed by atoms with Crippen molar-refractivity contribution in [3.05, 3.63) is 0 Å². The van der Waals surface area contributed by atoms with Crippen LogP contribution in [0.4, 0.5) is 4.79 Å². The number of carbonyl (C=O) groups excluding carboxylic acids is 1. The van der Waals surface area contributed by atoms with Gasteiger partial charge in [0.25, 0.3) is 0 Å². The van der Waals surface area contributed by atoms with Crippen molar-refractivity contribution in [2.24, 2.45) is 17.1 Å². The number of primary amides is 1. The Bertz CT molecular complexity index is 283. The lowest BCUT2D eigenvalue weighted by molar-refractivity contribution is -0.124. The third kappa shape index (κ3) is 2.22. The van der Waals surface area contributed by atoms with Crippen LogP contribution in [0.1, 0.15) is 27.2 Å². The first-order chi connectivity index (χ1) is 6.75. The van der Waals surface area contributed by atoms with Crippen LogP contribution in [0.5, 0.6) is 0 Å². The summed E-state index contributed by atoms with van der Waals surface area (Å²) in [5, 5.41) is 8.93. The van der Waals surface area contributed by atoms with Gasteiger partial charge >= 0.3 is 6.09 Å². The molecule has 0 saturated carbocycles. The van der Waals surface area contributed by atoms with Gasteiger partial charge in [-0.25, -0.2) is 4.79 Å². The summed E-state index contributed by atoms with van der Waals surface area (Å²) in [7, 11) is 0. The molecule has 1 aliphatic rings. The molecule has 2 amide bonds. The lowest BCUT2D eigenvalue weighted by Gasteiger charge is -2.32. The zero-order valence-corrected chi connectivity index (χ0v) is 9.36. The van der Waals surface area contributed by atoms with Crippen molar-refractivity contribution >= 4 is 12.0 Å². The summed E-state index contributed by atoms with van der Waals surface area (Å²) in [6, 6.07) is -0.678. The average Bonchev–Trinajstić information content (AvgIpc) is 2.45. The second-order valence-corrected chi connectivity index (χ2v) is 5.08. The molecule has 0 radical (unpaired) electrons. The first kappa shape index (κ1) is 11.8. The van der Waals surface area contributed by atoms with E-state index in [0.29, 0.717) is 13.0 Å². The van der Waals surface area contributed by atoms with Gasteiger partial charge < -0.3 is 10.8 Å². The van der Waals surface area contributed by atoms with Crippen molar-refractivity contribution in [1.29, 1.82) is 0 Å². The Morgan fingerprint density at radius 3 is 2.27 bits per heavy atom. The first-order valence-electron chi connectivity index (χ1n) is 5.04. The fourth-order valence-corrected chi connectivity index (χ4v) is 2.27. The third-order valence-electron chi connectivity index (χ3n) is 3.05. The van der Waals surface area contributed by atoms with Gasteiger partial charge in [-0.2, -0.15) is 0 Å². The number of hydrogen-bond donors (Lipinski definition) is 2. The maximum atomic E-state index is 11.3. The SMILES string of the molecule is CC(C)(C)C1CCN(C(=O)O)[C@@H]1C(N)=O. The van der Waals surface area contributed by atoms with Gasteiger partial charge in [0.1, 0.15) is 6.04 Å². The molecule has 2 atom stereocenters. The molecule has 0 aromatic carbocycles. The smallest absolute Gasteiger partial charge is 0.407 e. The van der Waals surface area contributed by atoms with E-state index < -0.39 is 18.0 Å². The van der Waals surface area contributed by atoms with Gasteiger partial charge in [0.2, 0.25) is 5.91 Å². The molecule has 1 heterocycles. The molecule has 3 N–H and O–H groups in total. The number of carbonyl (C=O) groups is 2. The molecule has 1 rings (SSSR count). The van der Waals surface area contributed by atoms with Crippen molar-refractivity contribution in [2.75, 3.05) is 6.54 Å². The van der Waals surface area contributed by atoms with Crippen LogP contribution in [-0.2, 0) is 4.79 Å². The normalized spacial score (nSPS) is 26.7. The Kier molecular flexibility index (Phi) is 2.93. The number of hydrogen-bond acceptors (Lipinski definition) is 2. The lowest BCUT2D eigenvalue weighted by atomic mass is 9.76. The van der Waals surface area contributed by atoms with E-state index in [1.165, 1.54) is 0 Å². The predicted molar refractivity (Wildman–Crippen MR) is 55.3 cm³/mol. The number of rotatable bonds is 1. The standard InChI is InChI=1S/C10H18N2O3/c1-10(2,3)6-4-5-12(9(14)15)7(6)8(11)13/h6-7H,4-5H2,1-3H3,(H2,11,13)(H,14,15)/t6?,7-/m0/s1. The highest BCUT2D eigenvalue weighted by Gasteiger charge is 2.45. The van der Waals surface area contributed by atoms with Gasteiger partial charge in [0, 0.05) is 6.54 Å². The minimum atomic E-state index is -1.06. The molecular formula is C10H18N2O3. The topological polar surface area (TPSA) is 83.6 Å². The number of amides is 2. The van der Waals surface area contributed by atoms with E-state index >= 15 is 0 Å².